The molecule has 1 fully saturated rings. The molecule has 1 aliphatic heterocycles. The third-order valence-electron chi connectivity index (χ3n) is 2.84. The van der Waals surface area contributed by atoms with Crippen LogP contribution < -0.4 is 11.1 Å². The topological polar surface area (TPSA) is 67.1 Å². The van der Waals surface area contributed by atoms with E-state index in [0.717, 1.165) is 18.9 Å². The van der Waals surface area contributed by atoms with Crippen LogP contribution in [0.1, 0.15) is 18.5 Å². The maximum atomic E-state index is 5.45. The molecular weight excluding hydrogens is 234 g/mol. The third-order valence-corrected chi connectivity index (χ3v) is 3.05. The van der Waals surface area contributed by atoms with E-state index in [9.17, 15) is 0 Å². The number of thiocarbonyl (C=S) groups is 1. The first-order chi connectivity index (χ1) is 8.25. The van der Waals surface area contributed by atoms with Crippen LogP contribution in [-0.4, -0.2) is 46.0 Å². The minimum Gasteiger partial charge on any atom is -0.388 e. The van der Waals surface area contributed by atoms with E-state index in [-0.39, 0.29) is 4.99 Å². The number of nitrogens with one attached hydrogen (secondary N) is 1. The SMILES string of the molecule is NC(=S)c1cnc(NCCN2CCCC2)cn1. The summed E-state index contributed by atoms with van der Waals surface area (Å²) in [5.41, 5.74) is 6.01. The molecule has 1 aromatic heterocycles. The van der Waals surface area contributed by atoms with Crippen LogP contribution in [0.5, 0.6) is 0 Å². The Morgan fingerprint density at radius 3 is 2.71 bits per heavy atom. The molecule has 5 nitrogen and oxygen atoms in total. The van der Waals surface area contributed by atoms with Gasteiger partial charge in [-0.1, -0.05) is 12.2 Å². The van der Waals surface area contributed by atoms with Crippen molar-refractivity contribution in [2.75, 3.05) is 31.5 Å². The summed E-state index contributed by atoms with van der Waals surface area (Å²) in [6.07, 6.45) is 5.91. The van der Waals surface area contributed by atoms with Crippen molar-refractivity contribution in [2.24, 2.45) is 5.73 Å². The summed E-state index contributed by atoms with van der Waals surface area (Å²) in [7, 11) is 0. The van der Waals surface area contributed by atoms with Crippen molar-refractivity contribution in [1.29, 1.82) is 0 Å². The van der Waals surface area contributed by atoms with Gasteiger partial charge in [-0.05, 0) is 25.9 Å². The molecule has 92 valence electrons. The van der Waals surface area contributed by atoms with Crippen LogP contribution in [0.4, 0.5) is 5.82 Å². The molecule has 2 heterocycles. The summed E-state index contributed by atoms with van der Waals surface area (Å²) < 4.78 is 0. The molecule has 0 amide bonds. The lowest BCUT2D eigenvalue weighted by molar-refractivity contribution is 0.352. The van der Waals surface area contributed by atoms with Crippen LogP contribution >= 0.6 is 12.2 Å². The Morgan fingerprint density at radius 2 is 2.12 bits per heavy atom. The van der Waals surface area contributed by atoms with E-state index < -0.39 is 0 Å². The van der Waals surface area contributed by atoms with Crippen LogP contribution in [0.2, 0.25) is 0 Å². The van der Waals surface area contributed by atoms with E-state index >= 15 is 0 Å². The molecule has 1 aliphatic rings. The highest BCUT2D eigenvalue weighted by Crippen LogP contribution is 2.06. The zero-order chi connectivity index (χ0) is 12.1. The zero-order valence-corrected chi connectivity index (χ0v) is 10.5. The normalized spacial score (nSPS) is 16.0. The fourth-order valence-electron chi connectivity index (χ4n) is 1.89. The number of aromatic nitrogens is 2. The Morgan fingerprint density at radius 1 is 1.35 bits per heavy atom. The van der Waals surface area contributed by atoms with E-state index in [0.29, 0.717) is 5.69 Å². The molecule has 3 N–H and O–H groups in total. The van der Waals surface area contributed by atoms with E-state index in [1.54, 1.807) is 12.4 Å². The van der Waals surface area contributed by atoms with E-state index in [1.165, 1.54) is 25.9 Å². The van der Waals surface area contributed by atoms with Gasteiger partial charge in [0.05, 0.1) is 12.4 Å². The van der Waals surface area contributed by atoms with Crippen LogP contribution in [0, 0.1) is 0 Å². The smallest absolute Gasteiger partial charge is 0.144 e. The summed E-state index contributed by atoms with van der Waals surface area (Å²) in [6.45, 7) is 4.38. The minimum atomic E-state index is 0.279. The molecule has 0 aromatic carbocycles. The molecule has 1 aromatic rings. The average molecular weight is 251 g/mol. The molecule has 0 aliphatic carbocycles. The van der Waals surface area contributed by atoms with E-state index in [4.69, 9.17) is 18.0 Å². The molecule has 0 saturated carbocycles. The number of likely N-dealkylation sites (tertiary alicyclic amines) is 1. The van der Waals surface area contributed by atoms with E-state index in [2.05, 4.69) is 20.2 Å². The second-order valence-corrected chi connectivity index (χ2v) is 4.57. The highest BCUT2D eigenvalue weighted by Gasteiger charge is 2.10. The van der Waals surface area contributed by atoms with Gasteiger partial charge in [0.1, 0.15) is 16.5 Å². The first-order valence-corrected chi connectivity index (χ1v) is 6.24. The van der Waals surface area contributed by atoms with Crippen molar-refractivity contribution in [3.8, 4) is 0 Å². The second kappa shape index (κ2) is 5.88. The Labute approximate surface area is 106 Å². The van der Waals surface area contributed by atoms with Crippen molar-refractivity contribution in [1.82, 2.24) is 14.9 Å². The summed E-state index contributed by atoms with van der Waals surface area (Å²) >= 11 is 4.81. The lowest BCUT2D eigenvalue weighted by Crippen LogP contribution is -2.26. The second-order valence-electron chi connectivity index (χ2n) is 4.13. The van der Waals surface area contributed by atoms with E-state index in [1.807, 2.05) is 0 Å². The molecule has 0 bridgehead atoms. The molecule has 2 rings (SSSR count). The van der Waals surface area contributed by atoms with Crippen LogP contribution in [0.25, 0.3) is 0 Å². The fourth-order valence-corrected chi connectivity index (χ4v) is 2.00. The highest BCUT2D eigenvalue weighted by molar-refractivity contribution is 7.80. The quantitative estimate of drug-likeness (QED) is 0.748. The number of nitrogens with two attached hydrogens (primary N) is 1. The number of hydrogen-bond donors (Lipinski definition) is 2. The summed E-state index contributed by atoms with van der Waals surface area (Å²) in [5.74, 6) is 0.768. The van der Waals surface area contributed by atoms with Gasteiger partial charge in [0.2, 0.25) is 0 Å². The number of rotatable bonds is 5. The van der Waals surface area contributed by atoms with Crippen molar-refractivity contribution in [2.45, 2.75) is 12.8 Å². The number of nitrogens with zero attached hydrogens (tertiary/aromatic N) is 3. The predicted molar refractivity (Wildman–Crippen MR) is 72.1 cm³/mol. The van der Waals surface area contributed by atoms with Crippen LogP contribution in [-0.2, 0) is 0 Å². The third kappa shape index (κ3) is 3.61. The summed E-state index contributed by atoms with van der Waals surface area (Å²) in [4.78, 5) is 11.1. The van der Waals surface area contributed by atoms with Gasteiger partial charge < -0.3 is 16.0 Å². The lowest BCUT2D eigenvalue weighted by atomic mass is 10.4. The Kier molecular flexibility index (Phi) is 4.22. The van der Waals surface area contributed by atoms with Crippen LogP contribution in [0.15, 0.2) is 12.4 Å². The lowest BCUT2D eigenvalue weighted by Gasteiger charge is -2.14. The van der Waals surface area contributed by atoms with Gasteiger partial charge in [0.15, 0.2) is 0 Å². The van der Waals surface area contributed by atoms with Crippen molar-refractivity contribution in [3.05, 3.63) is 18.1 Å². The molecule has 1 saturated heterocycles. The molecule has 0 spiro atoms. The maximum absolute atomic E-state index is 5.45. The number of anilines is 1. The van der Waals surface area contributed by atoms with Gasteiger partial charge in [-0.3, -0.25) is 0 Å². The maximum Gasteiger partial charge on any atom is 0.144 e. The van der Waals surface area contributed by atoms with Gasteiger partial charge >= 0.3 is 0 Å². The molecular formula is C11H17N5S. The van der Waals surface area contributed by atoms with Crippen molar-refractivity contribution >= 4 is 23.0 Å². The monoisotopic (exact) mass is 251 g/mol. The first kappa shape index (κ1) is 12.2. The Bertz CT molecular complexity index is 372. The number of hydrogen-bond acceptors (Lipinski definition) is 5. The van der Waals surface area contributed by atoms with Gasteiger partial charge in [0, 0.05) is 13.1 Å². The van der Waals surface area contributed by atoms with Gasteiger partial charge in [-0.25, -0.2) is 9.97 Å². The highest BCUT2D eigenvalue weighted by atomic mass is 32.1. The minimum absolute atomic E-state index is 0.279. The van der Waals surface area contributed by atoms with Gasteiger partial charge in [-0.15, -0.1) is 0 Å². The van der Waals surface area contributed by atoms with Gasteiger partial charge in [0.25, 0.3) is 0 Å². The Hall–Kier alpha value is -1.27. The molecule has 6 heteroatoms. The van der Waals surface area contributed by atoms with Crippen molar-refractivity contribution < 1.29 is 0 Å². The van der Waals surface area contributed by atoms with Crippen LogP contribution in [0.3, 0.4) is 0 Å². The summed E-state index contributed by atoms with van der Waals surface area (Å²) in [6, 6.07) is 0. The molecule has 0 unspecified atom stereocenters. The first-order valence-electron chi connectivity index (χ1n) is 5.84. The average Bonchev–Trinajstić information content (AvgIpc) is 2.83. The molecule has 0 atom stereocenters. The van der Waals surface area contributed by atoms with Crippen molar-refractivity contribution in [3.63, 3.8) is 0 Å². The molecule has 0 radical (unpaired) electrons. The molecule has 17 heavy (non-hydrogen) atoms. The van der Waals surface area contributed by atoms with Gasteiger partial charge in [-0.2, -0.15) is 0 Å². The largest absolute Gasteiger partial charge is 0.388 e. The fraction of sp³-hybridized carbons (Fsp3) is 0.545. The zero-order valence-electron chi connectivity index (χ0n) is 9.72. The standard InChI is InChI=1S/C11H17N5S/c12-11(17)9-7-15-10(8-14-9)13-3-6-16-4-1-2-5-16/h7-8H,1-6H2,(H2,12,17)(H,13,15). The Balaban J connectivity index is 1.76. The summed E-state index contributed by atoms with van der Waals surface area (Å²) in [5, 5.41) is 3.24. The predicted octanol–water partition coefficient (Wildman–Crippen LogP) is 0.618.